The first-order valence-electron chi connectivity index (χ1n) is 8.86. The number of rotatable bonds is 8. The number of aromatic nitrogens is 1. The van der Waals surface area contributed by atoms with Crippen molar-refractivity contribution < 1.29 is 24.2 Å². The van der Waals surface area contributed by atoms with E-state index in [1.165, 1.54) is 0 Å². The molecule has 1 aromatic heterocycles. The molecule has 7 nitrogen and oxygen atoms in total. The summed E-state index contributed by atoms with van der Waals surface area (Å²) in [6.45, 7) is 2.68. The van der Waals surface area contributed by atoms with Crippen molar-refractivity contribution in [2.45, 2.75) is 44.4 Å². The van der Waals surface area contributed by atoms with Crippen LogP contribution in [0.1, 0.15) is 25.3 Å². The van der Waals surface area contributed by atoms with Crippen molar-refractivity contribution >= 4 is 22.8 Å². The zero-order chi connectivity index (χ0) is 18.5. The third kappa shape index (κ3) is 4.42. The number of nitrogens with one attached hydrogen (secondary N) is 2. The fourth-order valence-corrected chi connectivity index (χ4v) is 3.11. The van der Waals surface area contributed by atoms with Crippen LogP contribution in [-0.4, -0.2) is 53.4 Å². The van der Waals surface area contributed by atoms with Crippen LogP contribution in [0.3, 0.4) is 0 Å². The summed E-state index contributed by atoms with van der Waals surface area (Å²) in [5, 5.41) is 13.0. The highest BCUT2D eigenvalue weighted by molar-refractivity contribution is 5.88. The Kier molecular flexibility index (Phi) is 5.90. The van der Waals surface area contributed by atoms with Crippen LogP contribution in [-0.2, 0) is 25.5 Å². The van der Waals surface area contributed by atoms with E-state index in [9.17, 15) is 14.7 Å². The Morgan fingerprint density at radius 3 is 2.96 bits per heavy atom. The maximum absolute atomic E-state index is 12.3. The molecule has 0 radical (unpaired) electrons. The molecule has 0 saturated carbocycles. The summed E-state index contributed by atoms with van der Waals surface area (Å²) in [6, 6.07) is 6.64. The molecular weight excluding hydrogens is 336 g/mol. The average Bonchev–Trinajstić information content (AvgIpc) is 3.29. The number of carboxylic acids is 1. The summed E-state index contributed by atoms with van der Waals surface area (Å²) in [4.78, 5) is 27.0. The standard InChI is InChI=1S/C19H24N2O5/c1-12(26-11-14-5-4-8-25-14)18(22)21-17(19(23)24)9-13-10-20-16-7-3-2-6-15(13)16/h2-3,6-7,10,12,14,17,20H,4-5,8-9,11H2,1H3,(H,21,22)(H,23,24). The van der Waals surface area contributed by atoms with Gasteiger partial charge in [0.2, 0.25) is 5.91 Å². The van der Waals surface area contributed by atoms with Gasteiger partial charge in [0.25, 0.3) is 0 Å². The quantitative estimate of drug-likeness (QED) is 0.667. The van der Waals surface area contributed by atoms with E-state index < -0.39 is 24.0 Å². The van der Waals surface area contributed by atoms with Crippen LogP contribution in [0.2, 0.25) is 0 Å². The molecule has 140 valence electrons. The molecule has 1 aliphatic rings. The first-order chi connectivity index (χ1) is 12.5. The molecule has 2 aromatic rings. The topological polar surface area (TPSA) is 101 Å². The normalized spacial score (nSPS) is 19.3. The van der Waals surface area contributed by atoms with Gasteiger partial charge in [-0.2, -0.15) is 0 Å². The second-order valence-electron chi connectivity index (χ2n) is 6.57. The number of H-pyrrole nitrogens is 1. The van der Waals surface area contributed by atoms with Gasteiger partial charge in [-0.15, -0.1) is 0 Å². The lowest BCUT2D eigenvalue weighted by molar-refractivity contribution is -0.144. The second-order valence-corrected chi connectivity index (χ2v) is 6.57. The van der Waals surface area contributed by atoms with Crippen molar-refractivity contribution in [2.24, 2.45) is 0 Å². The van der Waals surface area contributed by atoms with Crippen LogP contribution in [0.4, 0.5) is 0 Å². The minimum atomic E-state index is -1.07. The molecule has 1 saturated heterocycles. The van der Waals surface area contributed by atoms with Gasteiger partial charge in [-0.3, -0.25) is 4.79 Å². The van der Waals surface area contributed by atoms with Crippen LogP contribution in [0.15, 0.2) is 30.5 Å². The largest absolute Gasteiger partial charge is 0.480 e. The number of hydrogen-bond acceptors (Lipinski definition) is 4. The smallest absolute Gasteiger partial charge is 0.326 e. The van der Waals surface area contributed by atoms with Crippen molar-refractivity contribution in [2.75, 3.05) is 13.2 Å². The van der Waals surface area contributed by atoms with E-state index in [0.29, 0.717) is 6.61 Å². The highest BCUT2D eigenvalue weighted by Crippen LogP contribution is 2.19. The molecule has 0 spiro atoms. The zero-order valence-corrected chi connectivity index (χ0v) is 14.7. The molecule has 26 heavy (non-hydrogen) atoms. The predicted octanol–water partition coefficient (Wildman–Crippen LogP) is 1.86. The van der Waals surface area contributed by atoms with Crippen LogP contribution < -0.4 is 5.32 Å². The Bertz CT molecular complexity index is 766. The van der Waals surface area contributed by atoms with Crippen molar-refractivity contribution in [3.63, 3.8) is 0 Å². The SMILES string of the molecule is CC(OCC1CCCO1)C(=O)NC(Cc1c[nH]c2ccccc12)C(=O)O. The number of carbonyl (C=O) groups excluding carboxylic acids is 1. The Hall–Kier alpha value is -2.38. The summed E-state index contributed by atoms with van der Waals surface area (Å²) < 4.78 is 11.0. The van der Waals surface area contributed by atoms with E-state index >= 15 is 0 Å². The van der Waals surface area contributed by atoms with Crippen LogP contribution in [0, 0.1) is 0 Å². The number of amides is 1. The number of ether oxygens (including phenoxy) is 2. The molecule has 1 aromatic carbocycles. The van der Waals surface area contributed by atoms with Crippen molar-refractivity contribution in [1.29, 1.82) is 0 Å². The fraction of sp³-hybridized carbons (Fsp3) is 0.474. The van der Waals surface area contributed by atoms with Gasteiger partial charge in [0, 0.05) is 30.1 Å². The van der Waals surface area contributed by atoms with Crippen LogP contribution in [0.25, 0.3) is 10.9 Å². The molecule has 2 heterocycles. The van der Waals surface area contributed by atoms with Crippen molar-refractivity contribution in [1.82, 2.24) is 10.3 Å². The monoisotopic (exact) mass is 360 g/mol. The van der Waals surface area contributed by atoms with E-state index in [1.807, 2.05) is 24.3 Å². The molecule has 7 heteroatoms. The van der Waals surface area contributed by atoms with Gasteiger partial charge in [0.05, 0.1) is 12.7 Å². The maximum Gasteiger partial charge on any atom is 0.326 e. The first kappa shape index (κ1) is 18.4. The fourth-order valence-electron chi connectivity index (χ4n) is 3.11. The van der Waals surface area contributed by atoms with Gasteiger partial charge < -0.3 is 24.9 Å². The number of fused-ring (bicyclic) bond motifs is 1. The highest BCUT2D eigenvalue weighted by atomic mass is 16.5. The Morgan fingerprint density at radius 2 is 2.23 bits per heavy atom. The molecule has 3 atom stereocenters. The number of para-hydroxylation sites is 1. The zero-order valence-electron chi connectivity index (χ0n) is 14.7. The van der Waals surface area contributed by atoms with Crippen molar-refractivity contribution in [3.05, 3.63) is 36.0 Å². The summed E-state index contributed by atoms with van der Waals surface area (Å²) >= 11 is 0. The van der Waals surface area contributed by atoms with Gasteiger partial charge in [-0.1, -0.05) is 18.2 Å². The Morgan fingerprint density at radius 1 is 1.42 bits per heavy atom. The molecule has 0 aliphatic carbocycles. The minimum absolute atomic E-state index is 0.0201. The predicted molar refractivity (Wildman–Crippen MR) is 96.0 cm³/mol. The Balaban J connectivity index is 1.58. The Labute approximate surface area is 151 Å². The third-order valence-corrected chi connectivity index (χ3v) is 4.64. The van der Waals surface area contributed by atoms with E-state index in [-0.39, 0.29) is 12.5 Å². The highest BCUT2D eigenvalue weighted by Gasteiger charge is 2.26. The van der Waals surface area contributed by atoms with E-state index in [1.54, 1.807) is 13.1 Å². The minimum Gasteiger partial charge on any atom is -0.480 e. The lowest BCUT2D eigenvalue weighted by atomic mass is 10.0. The van der Waals surface area contributed by atoms with E-state index in [0.717, 1.165) is 35.9 Å². The molecular formula is C19H24N2O5. The summed E-state index contributed by atoms with van der Waals surface area (Å²) in [6.07, 6.45) is 3.19. The van der Waals surface area contributed by atoms with Crippen LogP contribution >= 0.6 is 0 Å². The third-order valence-electron chi connectivity index (χ3n) is 4.64. The van der Waals surface area contributed by atoms with Gasteiger partial charge in [0.1, 0.15) is 12.1 Å². The number of aromatic amines is 1. The number of benzene rings is 1. The number of carbonyl (C=O) groups is 2. The maximum atomic E-state index is 12.3. The first-order valence-corrected chi connectivity index (χ1v) is 8.86. The number of aliphatic carboxylic acids is 1. The molecule has 1 fully saturated rings. The lowest BCUT2D eigenvalue weighted by Crippen LogP contribution is -2.46. The van der Waals surface area contributed by atoms with Gasteiger partial charge >= 0.3 is 5.97 Å². The van der Waals surface area contributed by atoms with E-state index in [4.69, 9.17) is 9.47 Å². The summed E-state index contributed by atoms with van der Waals surface area (Å²) in [7, 11) is 0. The molecule has 3 unspecified atom stereocenters. The van der Waals surface area contributed by atoms with E-state index in [2.05, 4.69) is 10.3 Å². The average molecular weight is 360 g/mol. The van der Waals surface area contributed by atoms with Crippen molar-refractivity contribution in [3.8, 4) is 0 Å². The molecule has 0 bridgehead atoms. The van der Waals surface area contributed by atoms with Gasteiger partial charge in [-0.05, 0) is 31.4 Å². The number of hydrogen-bond donors (Lipinski definition) is 3. The molecule has 3 N–H and O–H groups in total. The molecule has 1 amide bonds. The van der Waals surface area contributed by atoms with Gasteiger partial charge in [0.15, 0.2) is 0 Å². The lowest BCUT2D eigenvalue weighted by Gasteiger charge is -2.19. The number of carboxylic acid groups (broad SMARTS) is 1. The van der Waals surface area contributed by atoms with Gasteiger partial charge in [-0.25, -0.2) is 4.79 Å². The van der Waals surface area contributed by atoms with Crippen LogP contribution in [0.5, 0.6) is 0 Å². The summed E-state index contributed by atoms with van der Waals surface area (Å²) in [5.74, 6) is -1.51. The second kappa shape index (κ2) is 8.33. The molecule has 3 rings (SSSR count). The summed E-state index contributed by atoms with van der Waals surface area (Å²) in [5.41, 5.74) is 1.78. The molecule has 1 aliphatic heterocycles.